The van der Waals surface area contributed by atoms with Crippen molar-refractivity contribution >= 4 is 45.4 Å². The zero-order chi connectivity index (χ0) is 25.7. The number of amides is 1. The monoisotopic (exact) mass is 570 g/mol. The summed E-state index contributed by atoms with van der Waals surface area (Å²) in [4.78, 5) is 30.0. The van der Waals surface area contributed by atoms with E-state index in [2.05, 4.69) is 61.8 Å². The van der Waals surface area contributed by atoms with Crippen molar-refractivity contribution < 1.29 is 4.79 Å². The molecule has 5 heterocycles. The lowest BCUT2D eigenvalue weighted by molar-refractivity contribution is 0.0984. The smallest absolute Gasteiger partial charge is 0.265 e. The minimum absolute atomic E-state index is 0.00415. The van der Waals surface area contributed by atoms with Crippen molar-refractivity contribution in [1.82, 2.24) is 20.0 Å². The molecule has 0 radical (unpaired) electrons. The van der Waals surface area contributed by atoms with E-state index in [1.54, 1.807) is 0 Å². The maximum Gasteiger partial charge on any atom is 0.265 e. The van der Waals surface area contributed by atoms with Crippen LogP contribution in [0.15, 0.2) is 57.2 Å². The van der Waals surface area contributed by atoms with Crippen LogP contribution in [0, 0.1) is 5.92 Å². The van der Waals surface area contributed by atoms with Crippen LogP contribution < -0.4 is 14.9 Å². The summed E-state index contributed by atoms with van der Waals surface area (Å²) in [5, 5.41) is 4.31. The van der Waals surface area contributed by atoms with Crippen LogP contribution in [0.25, 0.3) is 0 Å². The van der Waals surface area contributed by atoms with E-state index in [0.717, 1.165) is 65.6 Å². The van der Waals surface area contributed by atoms with Gasteiger partial charge in [-0.15, -0.1) is 0 Å². The van der Waals surface area contributed by atoms with Gasteiger partial charge in [-0.2, -0.15) is 0 Å². The predicted molar refractivity (Wildman–Crippen MR) is 152 cm³/mol. The van der Waals surface area contributed by atoms with Crippen LogP contribution in [0.4, 0.5) is 5.82 Å². The van der Waals surface area contributed by atoms with Crippen molar-refractivity contribution in [2.45, 2.75) is 71.4 Å². The van der Waals surface area contributed by atoms with E-state index in [1.165, 1.54) is 11.9 Å². The summed E-state index contributed by atoms with van der Waals surface area (Å²) in [7, 11) is 0. The lowest BCUT2D eigenvalue weighted by atomic mass is 9.91. The molecule has 36 heavy (non-hydrogen) atoms. The number of allylic oxidation sites excluding steroid dienone is 1. The number of amidine groups is 1. The fraction of sp³-hybridized carbons (Fsp3) is 0.481. The van der Waals surface area contributed by atoms with E-state index in [0.29, 0.717) is 11.5 Å². The first-order chi connectivity index (χ1) is 17.4. The van der Waals surface area contributed by atoms with Crippen LogP contribution in [0.2, 0.25) is 0 Å². The number of aliphatic imine (C=N–C) groups is 1. The molecule has 192 valence electrons. The standard InChI is InChI=1S/C25H29BrN6OS.C2H6/c1-25(2)14-16-9-11-19(18-6-3-4-13-27-18)28-21-7-5-8-22(30-21)34-31-24(33)17-10-12-20(26)29-23(17)32(25)15-16;1-2/h3-4,6,8,10,12-13,16,19H,5,7,9,11,14-15H2,1-2H3,(H,28,30)(H,31,33);1-2H3. The average molecular weight is 572 g/mol. The Morgan fingerprint density at radius 2 is 2.00 bits per heavy atom. The topological polar surface area (TPSA) is 82.5 Å². The molecule has 1 saturated heterocycles. The van der Waals surface area contributed by atoms with Crippen LogP contribution in [0.1, 0.15) is 81.9 Å². The Morgan fingerprint density at radius 1 is 1.17 bits per heavy atom. The summed E-state index contributed by atoms with van der Waals surface area (Å²) in [6.45, 7) is 9.34. The van der Waals surface area contributed by atoms with E-state index in [9.17, 15) is 4.79 Å². The van der Waals surface area contributed by atoms with E-state index in [1.807, 2.05) is 44.3 Å². The third-order valence-electron chi connectivity index (χ3n) is 6.72. The van der Waals surface area contributed by atoms with E-state index in [-0.39, 0.29) is 17.5 Å². The van der Waals surface area contributed by atoms with Gasteiger partial charge < -0.3 is 10.2 Å². The average Bonchev–Trinajstić information content (AvgIpc) is 3.20. The first-order valence-electron chi connectivity index (χ1n) is 12.8. The van der Waals surface area contributed by atoms with Crippen molar-refractivity contribution in [1.29, 1.82) is 0 Å². The van der Waals surface area contributed by atoms with Gasteiger partial charge in [0.2, 0.25) is 0 Å². The fourth-order valence-electron chi connectivity index (χ4n) is 5.11. The maximum absolute atomic E-state index is 13.2. The lowest BCUT2D eigenvalue weighted by Gasteiger charge is -2.33. The number of halogens is 1. The normalized spacial score (nSPS) is 23.4. The number of pyridine rings is 2. The van der Waals surface area contributed by atoms with E-state index >= 15 is 0 Å². The van der Waals surface area contributed by atoms with Gasteiger partial charge in [0.05, 0.1) is 22.3 Å². The lowest BCUT2D eigenvalue weighted by Crippen LogP contribution is -2.40. The molecule has 2 aromatic rings. The maximum atomic E-state index is 13.2. The van der Waals surface area contributed by atoms with Gasteiger partial charge in [0.1, 0.15) is 16.3 Å². The molecule has 2 aromatic heterocycles. The summed E-state index contributed by atoms with van der Waals surface area (Å²) in [6.07, 6.45) is 8.68. The molecule has 4 bridgehead atoms. The van der Waals surface area contributed by atoms with Gasteiger partial charge in [-0.25, -0.2) is 4.98 Å². The van der Waals surface area contributed by atoms with Gasteiger partial charge in [0, 0.05) is 36.6 Å². The molecule has 2 N–H and O–H groups in total. The number of carbonyl (C=O) groups excluding carboxylic acids is 1. The van der Waals surface area contributed by atoms with Crippen LogP contribution in [-0.4, -0.2) is 33.8 Å². The highest BCUT2D eigenvalue weighted by molar-refractivity contribution is 9.10. The Morgan fingerprint density at radius 3 is 2.78 bits per heavy atom. The molecule has 2 unspecified atom stereocenters. The zero-order valence-electron chi connectivity index (χ0n) is 21.4. The Kier molecular flexibility index (Phi) is 8.72. The van der Waals surface area contributed by atoms with Gasteiger partial charge >= 0.3 is 0 Å². The molecular formula is C27H35BrN6OS. The molecule has 5 rings (SSSR count). The summed E-state index contributed by atoms with van der Waals surface area (Å²) in [5.41, 5.74) is 1.49. The summed E-state index contributed by atoms with van der Waals surface area (Å²) in [6, 6.07) is 9.74. The second-order valence-electron chi connectivity index (χ2n) is 9.69. The molecule has 1 fully saturated rings. The van der Waals surface area contributed by atoms with Gasteiger partial charge in [-0.3, -0.25) is 19.5 Å². The molecule has 7 nitrogen and oxygen atoms in total. The summed E-state index contributed by atoms with van der Waals surface area (Å²) >= 11 is 4.81. The predicted octanol–water partition coefficient (Wildman–Crippen LogP) is 6.41. The highest BCUT2D eigenvalue weighted by atomic mass is 79.9. The number of hydrogen-bond acceptors (Lipinski definition) is 7. The molecule has 0 aromatic carbocycles. The van der Waals surface area contributed by atoms with E-state index < -0.39 is 0 Å². The van der Waals surface area contributed by atoms with Crippen molar-refractivity contribution in [2.75, 3.05) is 11.4 Å². The van der Waals surface area contributed by atoms with Crippen LogP contribution in [0.5, 0.6) is 0 Å². The van der Waals surface area contributed by atoms with Gasteiger partial charge in [0.15, 0.2) is 0 Å². The number of fused-ring (bicyclic) bond motifs is 6. The number of carbonyl (C=O) groups is 1. The quantitative estimate of drug-likeness (QED) is 0.304. The van der Waals surface area contributed by atoms with Crippen molar-refractivity contribution in [3.63, 3.8) is 0 Å². The molecule has 1 amide bonds. The number of nitrogens with one attached hydrogen (secondary N) is 2. The molecule has 0 spiro atoms. The molecular weight excluding hydrogens is 536 g/mol. The van der Waals surface area contributed by atoms with Gasteiger partial charge in [-0.1, -0.05) is 26.0 Å². The van der Waals surface area contributed by atoms with Crippen LogP contribution in [-0.2, 0) is 0 Å². The molecule has 9 heteroatoms. The Balaban J connectivity index is 0.00000148. The number of anilines is 1. The van der Waals surface area contributed by atoms with Crippen LogP contribution >= 0.6 is 27.9 Å². The first kappa shape index (κ1) is 26.7. The second-order valence-corrected chi connectivity index (χ2v) is 11.3. The van der Waals surface area contributed by atoms with Gasteiger partial charge in [0.25, 0.3) is 5.91 Å². The fourth-order valence-corrected chi connectivity index (χ4v) is 6.09. The summed E-state index contributed by atoms with van der Waals surface area (Å²) in [5.74, 6) is 2.02. The Bertz CT molecular complexity index is 1140. The zero-order valence-corrected chi connectivity index (χ0v) is 23.8. The summed E-state index contributed by atoms with van der Waals surface area (Å²) < 4.78 is 3.74. The van der Waals surface area contributed by atoms with Crippen LogP contribution in [0.3, 0.4) is 0 Å². The molecule has 0 aliphatic carbocycles. The van der Waals surface area contributed by atoms with E-state index in [4.69, 9.17) is 9.98 Å². The molecule has 0 saturated carbocycles. The van der Waals surface area contributed by atoms with Crippen molar-refractivity contribution in [3.05, 3.63) is 63.5 Å². The third-order valence-corrected chi connectivity index (χ3v) is 7.94. The molecule has 3 aliphatic heterocycles. The molecule has 3 aliphatic rings. The minimum atomic E-state index is -0.146. The van der Waals surface area contributed by atoms with Crippen molar-refractivity contribution in [3.8, 4) is 0 Å². The van der Waals surface area contributed by atoms with Gasteiger partial charge in [-0.05, 0) is 85.6 Å². The third kappa shape index (κ3) is 6.11. The highest BCUT2D eigenvalue weighted by Crippen LogP contribution is 2.41. The minimum Gasteiger partial charge on any atom is -0.351 e. The number of hydrogen-bond donors (Lipinski definition) is 2. The second kappa shape index (κ2) is 11.8. The Labute approximate surface area is 226 Å². The first-order valence-corrected chi connectivity index (χ1v) is 14.4. The largest absolute Gasteiger partial charge is 0.351 e. The SMILES string of the molecule is CC.CC1(C)CC2CCC(c3ccccn3)N=C3CCC=C(N3)SNC(=O)c3ccc(Br)nc3N1C2. The van der Waals surface area contributed by atoms with Crippen molar-refractivity contribution in [2.24, 2.45) is 10.9 Å². The Hall–Kier alpha value is -2.39. The highest BCUT2D eigenvalue weighted by Gasteiger charge is 2.40. The number of rotatable bonds is 1. The number of nitrogens with zero attached hydrogens (tertiary/aromatic N) is 4. The molecule has 2 atom stereocenters. The number of aromatic nitrogens is 2.